The zero-order chi connectivity index (χ0) is 11.5. The number of nitrogens with one attached hydrogen (secondary N) is 1. The number of nitrogens with two attached hydrogens (primary N) is 1. The quantitative estimate of drug-likeness (QED) is 0.828. The van der Waals surface area contributed by atoms with Gasteiger partial charge in [0.15, 0.2) is 0 Å². The van der Waals surface area contributed by atoms with Crippen molar-refractivity contribution in [3.63, 3.8) is 0 Å². The van der Waals surface area contributed by atoms with Crippen molar-refractivity contribution in [1.29, 1.82) is 0 Å². The van der Waals surface area contributed by atoms with Gasteiger partial charge in [0.05, 0.1) is 11.9 Å². The van der Waals surface area contributed by atoms with Gasteiger partial charge in [-0.3, -0.25) is 5.10 Å². The molecule has 0 saturated heterocycles. The summed E-state index contributed by atoms with van der Waals surface area (Å²) in [5.41, 5.74) is 7.08. The van der Waals surface area contributed by atoms with E-state index >= 15 is 0 Å². The Labute approximate surface area is 92.9 Å². The van der Waals surface area contributed by atoms with E-state index in [4.69, 9.17) is 5.73 Å². The molecule has 0 amide bonds. The van der Waals surface area contributed by atoms with Gasteiger partial charge >= 0.3 is 0 Å². The highest BCUT2D eigenvalue weighted by Crippen LogP contribution is 2.20. The third kappa shape index (κ3) is 1.98. The fraction of sp³-hybridized carbons (Fsp3) is 0.182. The standard InChI is InChI=1S/C11H13FN4/c1-16(10-6-14-15-11(10)13)7-8-4-2-3-5-9(8)12/h2-6H,7H2,1H3,(H3,13,14,15). The Morgan fingerprint density at radius 3 is 2.81 bits per heavy atom. The Morgan fingerprint density at radius 1 is 1.44 bits per heavy atom. The summed E-state index contributed by atoms with van der Waals surface area (Å²) in [5.74, 6) is 0.273. The summed E-state index contributed by atoms with van der Waals surface area (Å²) in [6.45, 7) is 0.455. The van der Waals surface area contributed by atoms with Crippen molar-refractivity contribution in [1.82, 2.24) is 10.2 Å². The van der Waals surface area contributed by atoms with Crippen LogP contribution in [0.25, 0.3) is 0 Å². The Morgan fingerprint density at radius 2 is 2.19 bits per heavy atom. The first-order chi connectivity index (χ1) is 7.68. The van der Waals surface area contributed by atoms with Gasteiger partial charge < -0.3 is 10.6 Å². The molecule has 0 saturated carbocycles. The van der Waals surface area contributed by atoms with E-state index in [0.717, 1.165) is 5.69 Å². The molecular formula is C11H13FN4. The van der Waals surface area contributed by atoms with E-state index in [0.29, 0.717) is 17.9 Å². The van der Waals surface area contributed by atoms with Crippen LogP contribution in [0.3, 0.4) is 0 Å². The molecule has 0 radical (unpaired) electrons. The molecule has 0 unspecified atom stereocenters. The molecule has 2 rings (SSSR count). The van der Waals surface area contributed by atoms with E-state index in [1.807, 2.05) is 18.0 Å². The summed E-state index contributed by atoms with van der Waals surface area (Å²) in [7, 11) is 1.84. The van der Waals surface area contributed by atoms with Crippen LogP contribution < -0.4 is 10.6 Å². The lowest BCUT2D eigenvalue weighted by atomic mass is 10.2. The van der Waals surface area contributed by atoms with Crippen molar-refractivity contribution in [2.24, 2.45) is 0 Å². The first-order valence-electron chi connectivity index (χ1n) is 4.92. The summed E-state index contributed by atoms with van der Waals surface area (Å²) in [6, 6.07) is 6.68. The number of hydrogen-bond donors (Lipinski definition) is 2. The second-order valence-corrected chi connectivity index (χ2v) is 3.62. The summed E-state index contributed by atoms with van der Waals surface area (Å²) >= 11 is 0. The van der Waals surface area contributed by atoms with Gasteiger partial charge in [-0.2, -0.15) is 5.10 Å². The molecule has 0 fully saturated rings. The van der Waals surface area contributed by atoms with Crippen molar-refractivity contribution in [3.8, 4) is 0 Å². The summed E-state index contributed by atoms with van der Waals surface area (Å²) < 4.78 is 13.4. The summed E-state index contributed by atoms with van der Waals surface area (Å²) in [4.78, 5) is 1.84. The van der Waals surface area contributed by atoms with Crippen molar-refractivity contribution in [2.45, 2.75) is 6.54 Å². The fourth-order valence-corrected chi connectivity index (χ4v) is 1.56. The lowest BCUT2D eigenvalue weighted by Gasteiger charge is -2.18. The zero-order valence-electron chi connectivity index (χ0n) is 8.94. The van der Waals surface area contributed by atoms with Crippen molar-refractivity contribution in [2.75, 3.05) is 17.7 Å². The van der Waals surface area contributed by atoms with Crippen LogP contribution in [0, 0.1) is 5.82 Å². The molecular weight excluding hydrogens is 207 g/mol. The average molecular weight is 220 g/mol. The molecule has 16 heavy (non-hydrogen) atoms. The third-order valence-electron chi connectivity index (χ3n) is 2.42. The number of hydrogen-bond acceptors (Lipinski definition) is 3. The first-order valence-corrected chi connectivity index (χ1v) is 4.92. The van der Waals surface area contributed by atoms with E-state index in [-0.39, 0.29) is 5.82 Å². The van der Waals surface area contributed by atoms with E-state index in [9.17, 15) is 4.39 Å². The number of anilines is 2. The predicted molar refractivity (Wildman–Crippen MR) is 61.5 cm³/mol. The van der Waals surface area contributed by atoms with Gasteiger partial charge in [0.2, 0.25) is 0 Å². The highest BCUT2D eigenvalue weighted by Gasteiger charge is 2.09. The normalized spacial score (nSPS) is 10.4. The number of nitrogens with zero attached hydrogens (tertiary/aromatic N) is 2. The number of rotatable bonds is 3. The van der Waals surface area contributed by atoms with Gasteiger partial charge in [-0.1, -0.05) is 18.2 Å². The minimum Gasteiger partial charge on any atom is -0.382 e. The van der Waals surface area contributed by atoms with Crippen molar-refractivity contribution in [3.05, 3.63) is 41.8 Å². The second kappa shape index (κ2) is 4.22. The van der Waals surface area contributed by atoms with Crippen LogP contribution in [0.2, 0.25) is 0 Å². The molecule has 3 N–H and O–H groups in total. The Balaban J connectivity index is 2.17. The highest BCUT2D eigenvalue weighted by atomic mass is 19.1. The topological polar surface area (TPSA) is 57.9 Å². The van der Waals surface area contributed by atoms with Crippen LogP contribution in [-0.4, -0.2) is 17.2 Å². The summed E-state index contributed by atoms with van der Waals surface area (Å²) in [5, 5.41) is 6.46. The highest BCUT2D eigenvalue weighted by molar-refractivity contribution is 5.61. The largest absolute Gasteiger partial charge is 0.382 e. The molecule has 4 nitrogen and oxygen atoms in total. The van der Waals surface area contributed by atoms with E-state index in [1.54, 1.807) is 18.3 Å². The van der Waals surface area contributed by atoms with E-state index in [1.165, 1.54) is 6.07 Å². The molecule has 0 aliphatic carbocycles. The van der Waals surface area contributed by atoms with Crippen LogP contribution in [0.1, 0.15) is 5.56 Å². The number of halogens is 1. The average Bonchev–Trinajstić information content (AvgIpc) is 2.68. The van der Waals surface area contributed by atoms with Crippen LogP contribution in [0.15, 0.2) is 30.5 Å². The number of benzene rings is 1. The lowest BCUT2D eigenvalue weighted by Crippen LogP contribution is -2.17. The maximum absolute atomic E-state index is 13.4. The first kappa shape index (κ1) is 10.5. The second-order valence-electron chi connectivity index (χ2n) is 3.62. The molecule has 0 spiro atoms. The van der Waals surface area contributed by atoms with Gasteiger partial charge in [0.25, 0.3) is 0 Å². The molecule has 1 heterocycles. The Kier molecular flexibility index (Phi) is 2.76. The maximum Gasteiger partial charge on any atom is 0.142 e. The predicted octanol–water partition coefficient (Wildman–Crippen LogP) is 1.77. The summed E-state index contributed by atoms with van der Waals surface area (Å²) in [6.07, 6.45) is 1.62. The van der Waals surface area contributed by atoms with Crippen LogP contribution in [0.4, 0.5) is 15.9 Å². The van der Waals surface area contributed by atoms with Gasteiger partial charge in [0.1, 0.15) is 11.6 Å². The molecule has 0 aliphatic rings. The Bertz CT molecular complexity index is 480. The molecule has 0 atom stereocenters. The van der Waals surface area contributed by atoms with Gasteiger partial charge in [0, 0.05) is 19.2 Å². The minimum atomic E-state index is -0.212. The van der Waals surface area contributed by atoms with Crippen LogP contribution in [0.5, 0.6) is 0 Å². The number of aromatic amines is 1. The SMILES string of the molecule is CN(Cc1ccccc1F)c1cn[nH]c1N. The van der Waals surface area contributed by atoms with E-state index < -0.39 is 0 Å². The minimum absolute atomic E-state index is 0.212. The third-order valence-corrected chi connectivity index (χ3v) is 2.42. The Hall–Kier alpha value is -2.04. The molecule has 1 aromatic carbocycles. The fourth-order valence-electron chi connectivity index (χ4n) is 1.56. The van der Waals surface area contributed by atoms with Crippen molar-refractivity contribution >= 4 is 11.5 Å². The number of H-pyrrole nitrogens is 1. The molecule has 0 bridgehead atoms. The number of aromatic nitrogens is 2. The van der Waals surface area contributed by atoms with Crippen LogP contribution >= 0.6 is 0 Å². The molecule has 84 valence electrons. The van der Waals surface area contributed by atoms with Gasteiger partial charge in [-0.25, -0.2) is 4.39 Å². The molecule has 5 heteroatoms. The molecule has 0 aliphatic heterocycles. The van der Waals surface area contributed by atoms with Crippen molar-refractivity contribution < 1.29 is 4.39 Å². The van der Waals surface area contributed by atoms with E-state index in [2.05, 4.69) is 10.2 Å². The molecule has 1 aromatic heterocycles. The number of nitrogen functional groups attached to an aromatic ring is 1. The zero-order valence-corrected chi connectivity index (χ0v) is 8.94. The van der Waals surface area contributed by atoms with Gasteiger partial charge in [-0.05, 0) is 6.07 Å². The maximum atomic E-state index is 13.4. The van der Waals surface area contributed by atoms with Crippen LogP contribution in [-0.2, 0) is 6.54 Å². The van der Waals surface area contributed by atoms with Gasteiger partial charge in [-0.15, -0.1) is 0 Å². The lowest BCUT2D eigenvalue weighted by molar-refractivity contribution is 0.608. The monoisotopic (exact) mass is 220 g/mol. The smallest absolute Gasteiger partial charge is 0.142 e. The molecule has 2 aromatic rings.